The van der Waals surface area contributed by atoms with Gasteiger partial charge in [0.15, 0.2) is 0 Å². The first kappa shape index (κ1) is 15.2. The first-order valence-corrected chi connectivity index (χ1v) is 8.18. The van der Waals surface area contributed by atoms with E-state index in [0.29, 0.717) is 21.9 Å². The minimum absolute atomic E-state index is 0.0218. The zero-order valence-electron chi connectivity index (χ0n) is 12.7. The molecule has 1 amide bonds. The quantitative estimate of drug-likeness (QED) is 0.897. The van der Waals surface area contributed by atoms with Crippen LogP contribution in [-0.2, 0) is 6.54 Å². The minimum atomic E-state index is -0.466. The van der Waals surface area contributed by atoms with Gasteiger partial charge in [0.1, 0.15) is 5.75 Å². The third-order valence-corrected chi connectivity index (χ3v) is 5.11. The van der Waals surface area contributed by atoms with E-state index in [1.54, 1.807) is 12.1 Å². The number of benzene rings is 1. The molecule has 0 aliphatic heterocycles. The maximum Gasteiger partial charge on any atom is 0.251 e. The highest BCUT2D eigenvalue weighted by Crippen LogP contribution is 2.35. The van der Waals surface area contributed by atoms with Crippen LogP contribution in [0.2, 0.25) is 5.02 Å². The number of rotatable bonds is 3. The zero-order chi connectivity index (χ0) is 15.9. The maximum absolute atomic E-state index is 11.8. The molecule has 1 aromatic heterocycles. The van der Waals surface area contributed by atoms with Gasteiger partial charge in [-0.3, -0.25) is 4.79 Å². The Hall–Kier alpha value is -1.68. The van der Waals surface area contributed by atoms with Gasteiger partial charge in [0.25, 0.3) is 5.91 Å². The van der Waals surface area contributed by atoms with Crippen LogP contribution in [0.15, 0.2) is 12.1 Å². The Bertz CT molecular complexity index is 730. The van der Waals surface area contributed by atoms with E-state index in [1.165, 1.54) is 32.1 Å². The van der Waals surface area contributed by atoms with E-state index in [-0.39, 0.29) is 5.75 Å². The van der Waals surface area contributed by atoms with E-state index < -0.39 is 5.91 Å². The molecule has 0 saturated heterocycles. The number of phenols is 1. The molecule has 0 bridgehead atoms. The van der Waals surface area contributed by atoms with Gasteiger partial charge in [-0.15, -0.1) is 0 Å². The van der Waals surface area contributed by atoms with Crippen LogP contribution >= 0.6 is 11.6 Å². The molecule has 3 rings (SSSR count). The lowest BCUT2D eigenvalue weighted by Gasteiger charge is -2.23. The fourth-order valence-corrected chi connectivity index (χ4v) is 3.82. The number of carbonyl (C=O) groups excluding carboxylic acids is 1. The molecule has 1 fully saturated rings. The number of aromatic hydroxyl groups is 1. The van der Waals surface area contributed by atoms with Crippen molar-refractivity contribution in [2.45, 2.75) is 45.6 Å². The fraction of sp³-hybridized carbons (Fsp3) is 0.471. The van der Waals surface area contributed by atoms with E-state index in [4.69, 9.17) is 17.3 Å². The van der Waals surface area contributed by atoms with E-state index >= 15 is 0 Å². The van der Waals surface area contributed by atoms with E-state index in [1.807, 2.05) is 6.92 Å². The van der Waals surface area contributed by atoms with Crippen LogP contribution < -0.4 is 5.73 Å². The fourth-order valence-electron chi connectivity index (χ4n) is 3.66. The van der Waals surface area contributed by atoms with Crippen molar-refractivity contribution in [2.24, 2.45) is 11.7 Å². The molecule has 3 N–H and O–H groups in total. The third kappa shape index (κ3) is 2.56. The second kappa shape index (κ2) is 5.84. The lowest BCUT2D eigenvalue weighted by molar-refractivity contribution is 0.100. The molecule has 1 aliphatic rings. The first-order chi connectivity index (χ1) is 10.5. The van der Waals surface area contributed by atoms with E-state index in [2.05, 4.69) is 4.57 Å². The summed E-state index contributed by atoms with van der Waals surface area (Å²) in [5.74, 6) is 0.134. The Morgan fingerprint density at radius 1 is 1.36 bits per heavy atom. The van der Waals surface area contributed by atoms with Gasteiger partial charge in [0.2, 0.25) is 0 Å². The van der Waals surface area contributed by atoms with Gasteiger partial charge in [-0.25, -0.2) is 0 Å². The van der Waals surface area contributed by atoms with Gasteiger partial charge in [0.05, 0.1) is 16.1 Å². The van der Waals surface area contributed by atoms with Gasteiger partial charge >= 0.3 is 0 Å². The summed E-state index contributed by atoms with van der Waals surface area (Å²) in [5, 5.41) is 10.8. The summed E-state index contributed by atoms with van der Waals surface area (Å²) < 4.78 is 2.14. The Balaban J connectivity index is 2.13. The summed E-state index contributed by atoms with van der Waals surface area (Å²) in [5.41, 5.74) is 7.76. The summed E-state index contributed by atoms with van der Waals surface area (Å²) in [7, 11) is 0. The molecule has 0 unspecified atom stereocenters. The number of halogens is 1. The molecular formula is C17H21ClN2O2. The molecular weight excluding hydrogens is 300 g/mol. The van der Waals surface area contributed by atoms with Crippen LogP contribution in [-0.4, -0.2) is 15.6 Å². The number of nitrogens with zero attached hydrogens (tertiary/aromatic N) is 1. The molecule has 22 heavy (non-hydrogen) atoms. The van der Waals surface area contributed by atoms with Gasteiger partial charge in [-0.05, 0) is 37.8 Å². The Morgan fingerprint density at radius 3 is 2.68 bits per heavy atom. The second-order valence-corrected chi connectivity index (χ2v) is 6.67. The normalized spacial score (nSPS) is 16.3. The summed E-state index contributed by atoms with van der Waals surface area (Å²) >= 11 is 6.06. The topological polar surface area (TPSA) is 68.2 Å². The van der Waals surface area contributed by atoms with Gasteiger partial charge < -0.3 is 15.4 Å². The number of aromatic nitrogens is 1. The number of nitrogens with two attached hydrogens (primary N) is 1. The Morgan fingerprint density at radius 2 is 2.05 bits per heavy atom. The predicted molar refractivity (Wildman–Crippen MR) is 88.4 cm³/mol. The summed E-state index contributed by atoms with van der Waals surface area (Å²) in [6, 6.07) is 3.27. The van der Waals surface area contributed by atoms with Crippen molar-refractivity contribution in [3.8, 4) is 5.75 Å². The highest BCUT2D eigenvalue weighted by atomic mass is 35.5. The lowest BCUT2D eigenvalue weighted by atomic mass is 9.89. The standard InChI is InChI=1S/C17H21ClN2O2/c1-10-16(17(19)22)12-7-15(21)13(18)8-14(12)20(10)9-11-5-3-2-4-6-11/h7-8,11,21H,2-6,9H2,1H3,(H2,19,22). The number of fused-ring (bicyclic) bond motifs is 1. The molecule has 1 aromatic carbocycles. The van der Waals surface area contributed by atoms with Crippen LogP contribution in [0.4, 0.5) is 0 Å². The van der Waals surface area contributed by atoms with Crippen LogP contribution in [0.3, 0.4) is 0 Å². The highest BCUT2D eigenvalue weighted by molar-refractivity contribution is 6.33. The van der Waals surface area contributed by atoms with Crippen molar-refractivity contribution >= 4 is 28.4 Å². The third-order valence-electron chi connectivity index (χ3n) is 4.80. The molecule has 1 heterocycles. The number of phenolic OH excluding ortho intramolecular Hbond substituents is 1. The summed E-state index contributed by atoms with van der Waals surface area (Å²) in [4.78, 5) is 11.8. The number of primary amides is 1. The molecule has 4 nitrogen and oxygen atoms in total. The lowest BCUT2D eigenvalue weighted by Crippen LogP contribution is -2.16. The molecule has 0 radical (unpaired) electrons. The van der Waals surface area contributed by atoms with E-state index in [0.717, 1.165) is 17.8 Å². The molecule has 0 atom stereocenters. The van der Waals surface area contributed by atoms with Crippen molar-refractivity contribution in [2.75, 3.05) is 0 Å². The average Bonchev–Trinajstić information content (AvgIpc) is 2.73. The highest BCUT2D eigenvalue weighted by Gasteiger charge is 2.22. The van der Waals surface area contributed by atoms with Crippen molar-refractivity contribution in [3.63, 3.8) is 0 Å². The zero-order valence-corrected chi connectivity index (χ0v) is 13.5. The average molecular weight is 321 g/mol. The van der Waals surface area contributed by atoms with Crippen molar-refractivity contribution in [3.05, 3.63) is 28.4 Å². The number of amides is 1. The molecule has 0 spiro atoms. The maximum atomic E-state index is 11.8. The smallest absolute Gasteiger partial charge is 0.251 e. The molecule has 2 aromatic rings. The van der Waals surface area contributed by atoms with Gasteiger partial charge in [0, 0.05) is 17.6 Å². The number of hydrogen-bond acceptors (Lipinski definition) is 2. The van der Waals surface area contributed by atoms with Gasteiger partial charge in [-0.2, -0.15) is 0 Å². The molecule has 118 valence electrons. The van der Waals surface area contributed by atoms with Crippen LogP contribution in [0, 0.1) is 12.8 Å². The van der Waals surface area contributed by atoms with Crippen LogP contribution in [0.5, 0.6) is 5.75 Å². The van der Waals surface area contributed by atoms with E-state index in [9.17, 15) is 9.90 Å². The monoisotopic (exact) mass is 320 g/mol. The minimum Gasteiger partial charge on any atom is -0.506 e. The second-order valence-electron chi connectivity index (χ2n) is 6.26. The van der Waals surface area contributed by atoms with Crippen molar-refractivity contribution in [1.29, 1.82) is 0 Å². The van der Waals surface area contributed by atoms with Crippen molar-refractivity contribution in [1.82, 2.24) is 4.57 Å². The van der Waals surface area contributed by atoms with Crippen molar-refractivity contribution < 1.29 is 9.90 Å². The predicted octanol–water partition coefficient (Wildman–Crippen LogP) is 3.99. The summed E-state index contributed by atoms with van der Waals surface area (Å²) in [6.45, 7) is 2.78. The SMILES string of the molecule is Cc1c(C(N)=O)c2cc(O)c(Cl)cc2n1CC1CCCCC1. The van der Waals surface area contributed by atoms with Gasteiger partial charge in [-0.1, -0.05) is 30.9 Å². The van der Waals surface area contributed by atoms with Crippen LogP contribution in [0.25, 0.3) is 10.9 Å². The largest absolute Gasteiger partial charge is 0.506 e. The molecule has 5 heteroatoms. The Labute approximate surface area is 134 Å². The Kier molecular flexibility index (Phi) is 4.04. The molecule has 1 aliphatic carbocycles. The number of carbonyl (C=O) groups is 1. The summed E-state index contributed by atoms with van der Waals surface area (Å²) in [6.07, 6.45) is 6.29. The number of hydrogen-bond donors (Lipinski definition) is 2. The first-order valence-electron chi connectivity index (χ1n) is 7.80. The molecule has 1 saturated carbocycles. The van der Waals surface area contributed by atoms with Crippen LogP contribution in [0.1, 0.15) is 48.2 Å².